The van der Waals surface area contributed by atoms with Gasteiger partial charge in [-0.25, -0.2) is 0 Å². The number of carboxylic acid groups (broad SMARTS) is 1. The van der Waals surface area contributed by atoms with Gasteiger partial charge in [-0.15, -0.1) is 11.8 Å². The Morgan fingerprint density at radius 1 is 1.05 bits per heavy atom. The van der Waals surface area contributed by atoms with Gasteiger partial charge >= 0.3 is 5.97 Å². The number of anilines is 1. The van der Waals surface area contributed by atoms with Crippen molar-refractivity contribution in [3.05, 3.63) is 59.7 Å². The van der Waals surface area contributed by atoms with E-state index in [9.17, 15) is 4.79 Å². The number of aliphatic carboxylic acids is 1. The summed E-state index contributed by atoms with van der Waals surface area (Å²) in [5.74, 6) is -0.801. The van der Waals surface area contributed by atoms with Crippen molar-refractivity contribution in [2.24, 2.45) is 0 Å². The quantitative estimate of drug-likeness (QED) is 0.796. The second-order valence-electron chi connectivity index (χ2n) is 4.47. The van der Waals surface area contributed by atoms with E-state index in [1.807, 2.05) is 24.3 Å². The molecule has 0 bridgehead atoms. The lowest BCUT2D eigenvalue weighted by Gasteiger charge is -2.07. The summed E-state index contributed by atoms with van der Waals surface area (Å²) in [5, 5.41) is 12.1. The average molecular weight is 287 g/mol. The number of carboxylic acids is 1. The first-order chi connectivity index (χ1) is 9.67. The zero-order valence-corrected chi connectivity index (χ0v) is 12.1. The van der Waals surface area contributed by atoms with Crippen molar-refractivity contribution in [1.29, 1.82) is 0 Å². The minimum absolute atomic E-state index is 0.0733. The number of nitrogens with one attached hydrogen (secondary N) is 1. The molecule has 0 unspecified atom stereocenters. The number of rotatable bonds is 6. The van der Waals surface area contributed by atoms with Crippen molar-refractivity contribution in [2.45, 2.75) is 17.9 Å². The monoisotopic (exact) mass is 287 g/mol. The van der Waals surface area contributed by atoms with Crippen LogP contribution < -0.4 is 5.32 Å². The highest BCUT2D eigenvalue weighted by Gasteiger charge is 2.00. The maximum atomic E-state index is 10.6. The Bertz CT molecular complexity index is 564. The fraction of sp³-hybridized carbons (Fsp3) is 0.188. The molecule has 0 spiro atoms. The van der Waals surface area contributed by atoms with Crippen molar-refractivity contribution in [3.8, 4) is 0 Å². The van der Waals surface area contributed by atoms with Crippen LogP contribution in [0.25, 0.3) is 0 Å². The summed E-state index contributed by atoms with van der Waals surface area (Å²) in [7, 11) is 0. The van der Waals surface area contributed by atoms with E-state index < -0.39 is 5.97 Å². The predicted octanol–water partition coefficient (Wildman–Crippen LogP) is 3.65. The van der Waals surface area contributed by atoms with Gasteiger partial charge in [-0.3, -0.25) is 4.79 Å². The first-order valence-electron chi connectivity index (χ1n) is 6.35. The zero-order valence-electron chi connectivity index (χ0n) is 11.3. The molecule has 2 N–H and O–H groups in total. The normalized spacial score (nSPS) is 10.2. The van der Waals surface area contributed by atoms with Crippen LogP contribution in [0.1, 0.15) is 11.1 Å². The summed E-state index contributed by atoms with van der Waals surface area (Å²) in [4.78, 5) is 11.8. The molecule has 0 saturated heterocycles. The highest BCUT2D eigenvalue weighted by Crippen LogP contribution is 2.18. The van der Waals surface area contributed by atoms with Crippen LogP contribution in [0.15, 0.2) is 53.4 Å². The van der Waals surface area contributed by atoms with Gasteiger partial charge in [0.05, 0.1) is 6.42 Å². The van der Waals surface area contributed by atoms with Gasteiger partial charge in [-0.2, -0.15) is 0 Å². The molecular formula is C16H17NO2S. The third-order valence-electron chi connectivity index (χ3n) is 2.96. The third-order valence-corrected chi connectivity index (χ3v) is 3.71. The Morgan fingerprint density at radius 2 is 1.65 bits per heavy atom. The van der Waals surface area contributed by atoms with Crippen LogP contribution in [0.4, 0.5) is 5.69 Å². The minimum atomic E-state index is -0.801. The minimum Gasteiger partial charge on any atom is -0.481 e. The number of carbonyl (C=O) groups is 1. The van der Waals surface area contributed by atoms with E-state index in [1.165, 1.54) is 4.90 Å². The Morgan fingerprint density at radius 3 is 2.20 bits per heavy atom. The Labute approximate surface area is 123 Å². The van der Waals surface area contributed by atoms with Crippen molar-refractivity contribution >= 4 is 23.4 Å². The van der Waals surface area contributed by atoms with Crippen LogP contribution >= 0.6 is 11.8 Å². The summed E-state index contributed by atoms with van der Waals surface area (Å²) in [6.07, 6.45) is 2.13. The molecule has 20 heavy (non-hydrogen) atoms. The molecule has 0 fully saturated rings. The number of benzene rings is 2. The molecule has 0 amide bonds. The first kappa shape index (κ1) is 14.5. The molecule has 3 nitrogen and oxygen atoms in total. The summed E-state index contributed by atoms with van der Waals surface area (Å²) < 4.78 is 0. The second kappa shape index (κ2) is 7.01. The Balaban J connectivity index is 1.91. The highest BCUT2D eigenvalue weighted by molar-refractivity contribution is 7.98. The van der Waals surface area contributed by atoms with Gasteiger partial charge in [0, 0.05) is 17.1 Å². The largest absolute Gasteiger partial charge is 0.481 e. The van der Waals surface area contributed by atoms with Crippen LogP contribution in [0, 0.1) is 0 Å². The van der Waals surface area contributed by atoms with E-state index in [-0.39, 0.29) is 6.42 Å². The van der Waals surface area contributed by atoms with Gasteiger partial charge in [0.25, 0.3) is 0 Å². The van der Waals surface area contributed by atoms with Gasteiger partial charge < -0.3 is 10.4 Å². The van der Waals surface area contributed by atoms with E-state index in [0.29, 0.717) is 0 Å². The van der Waals surface area contributed by atoms with E-state index in [2.05, 4.69) is 35.8 Å². The van der Waals surface area contributed by atoms with Crippen LogP contribution in [0.3, 0.4) is 0 Å². The summed E-state index contributed by atoms with van der Waals surface area (Å²) in [6.45, 7) is 0.728. The van der Waals surface area contributed by atoms with Crippen molar-refractivity contribution < 1.29 is 9.90 Å². The number of hydrogen-bond donors (Lipinski definition) is 2. The van der Waals surface area contributed by atoms with Crippen LogP contribution in [-0.4, -0.2) is 17.3 Å². The van der Waals surface area contributed by atoms with Gasteiger partial charge in [0.15, 0.2) is 0 Å². The maximum Gasteiger partial charge on any atom is 0.307 e. The Kier molecular flexibility index (Phi) is 5.07. The summed E-state index contributed by atoms with van der Waals surface area (Å²) in [5.41, 5.74) is 3.04. The SMILES string of the molecule is CSc1ccc(NCc2ccc(CC(=O)O)cc2)cc1. The first-order valence-corrected chi connectivity index (χ1v) is 7.57. The molecular weight excluding hydrogens is 270 g/mol. The number of thioether (sulfide) groups is 1. The Hall–Kier alpha value is -1.94. The zero-order chi connectivity index (χ0) is 14.4. The van der Waals surface area contributed by atoms with Crippen molar-refractivity contribution in [2.75, 3.05) is 11.6 Å². The van der Waals surface area contributed by atoms with Crippen molar-refractivity contribution in [3.63, 3.8) is 0 Å². The van der Waals surface area contributed by atoms with Crippen LogP contribution in [0.5, 0.6) is 0 Å². The highest BCUT2D eigenvalue weighted by atomic mass is 32.2. The maximum absolute atomic E-state index is 10.6. The molecule has 0 aromatic heterocycles. The molecule has 0 atom stereocenters. The van der Waals surface area contributed by atoms with Gasteiger partial charge in [0.2, 0.25) is 0 Å². The second-order valence-corrected chi connectivity index (χ2v) is 5.35. The topological polar surface area (TPSA) is 49.3 Å². The molecule has 2 rings (SSSR count). The molecule has 2 aromatic carbocycles. The van der Waals surface area contributed by atoms with Crippen molar-refractivity contribution in [1.82, 2.24) is 0 Å². The average Bonchev–Trinajstić information content (AvgIpc) is 2.46. The fourth-order valence-electron chi connectivity index (χ4n) is 1.86. The molecule has 0 radical (unpaired) electrons. The summed E-state index contributed by atoms with van der Waals surface area (Å²) in [6, 6.07) is 15.9. The molecule has 0 aliphatic carbocycles. The van der Waals surface area contributed by atoms with E-state index in [1.54, 1.807) is 11.8 Å². The molecule has 0 aliphatic heterocycles. The van der Waals surface area contributed by atoms with Gasteiger partial charge in [-0.1, -0.05) is 24.3 Å². The third kappa shape index (κ3) is 4.31. The molecule has 104 valence electrons. The summed E-state index contributed by atoms with van der Waals surface area (Å²) >= 11 is 1.72. The van der Waals surface area contributed by atoms with Gasteiger partial charge in [0.1, 0.15) is 0 Å². The lowest BCUT2D eigenvalue weighted by molar-refractivity contribution is -0.136. The molecule has 2 aromatic rings. The lowest BCUT2D eigenvalue weighted by atomic mass is 10.1. The number of hydrogen-bond acceptors (Lipinski definition) is 3. The van der Waals surface area contributed by atoms with E-state index in [4.69, 9.17) is 5.11 Å². The predicted molar refractivity (Wildman–Crippen MR) is 83.3 cm³/mol. The van der Waals surface area contributed by atoms with Crippen LogP contribution in [0.2, 0.25) is 0 Å². The van der Waals surface area contributed by atoms with E-state index in [0.717, 1.165) is 23.4 Å². The van der Waals surface area contributed by atoms with Crippen LogP contribution in [-0.2, 0) is 17.8 Å². The molecule has 0 aliphatic rings. The van der Waals surface area contributed by atoms with Gasteiger partial charge in [-0.05, 0) is 41.6 Å². The standard InChI is InChI=1S/C16H17NO2S/c1-20-15-8-6-14(7-9-15)17-11-13-4-2-12(3-5-13)10-16(18)19/h2-9,17H,10-11H2,1H3,(H,18,19). The molecule has 0 heterocycles. The molecule has 4 heteroatoms. The molecule has 0 saturated carbocycles. The smallest absolute Gasteiger partial charge is 0.307 e. The van der Waals surface area contributed by atoms with E-state index >= 15 is 0 Å². The lowest BCUT2D eigenvalue weighted by Crippen LogP contribution is -2.02. The fourth-order valence-corrected chi connectivity index (χ4v) is 2.27.